The van der Waals surface area contributed by atoms with Crippen molar-refractivity contribution in [1.82, 2.24) is 5.32 Å². The van der Waals surface area contributed by atoms with Crippen molar-refractivity contribution in [2.45, 2.75) is 18.9 Å². The van der Waals surface area contributed by atoms with Crippen LogP contribution in [-0.2, 0) is 11.2 Å². The van der Waals surface area contributed by atoms with E-state index in [1.165, 1.54) is 18.2 Å². The predicted molar refractivity (Wildman–Crippen MR) is 95.7 cm³/mol. The Morgan fingerprint density at radius 1 is 1.12 bits per heavy atom. The maximum absolute atomic E-state index is 12.9. The monoisotopic (exact) mass is 373 g/mol. The van der Waals surface area contributed by atoms with Crippen molar-refractivity contribution in [2.75, 3.05) is 4.90 Å². The smallest absolute Gasteiger partial charge is 0.323 e. The lowest BCUT2D eigenvalue weighted by Crippen LogP contribution is -2.46. The summed E-state index contributed by atoms with van der Waals surface area (Å²) in [6, 6.07) is 12.9. The summed E-state index contributed by atoms with van der Waals surface area (Å²) in [6.07, 6.45) is 0.300. The molecule has 1 N–H and O–H groups in total. The van der Waals surface area contributed by atoms with Gasteiger partial charge in [-0.2, -0.15) is 5.26 Å². The number of anilines is 1. The third-order valence-electron chi connectivity index (χ3n) is 4.01. The molecule has 3 amide bonds. The Morgan fingerprint density at radius 2 is 1.72 bits per heavy atom. The molecule has 25 heavy (non-hydrogen) atoms. The van der Waals surface area contributed by atoms with Crippen LogP contribution >= 0.6 is 23.2 Å². The highest BCUT2D eigenvalue weighted by Crippen LogP contribution is 2.31. The average Bonchev–Trinajstić information content (AvgIpc) is 2.76. The minimum Gasteiger partial charge on any atom is -0.323 e. The number of benzene rings is 2. The first-order valence-corrected chi connectivity index (χ1v) is 8.20. The lowest BCUT2D eigenvalue weighted by Gasteiger charge is -2.22. The quantitative estimate of drug-likeness (QED) is 0.828. The topological polar surface area (TPSA) is 73.2 Å². The number of hydrogen-bond acceptors (Lipinski definition) is 3. The summed E-state index contributed by atoms with van der Waals surface area (Å²) in [5, 5.41) is 12.3. The van der Waals surface area contributed by atoms with Gasteiger partial charge >= 0.3 is 6.03 Å². The fourth-order valence-electron chi connectivity index (χ4n) is 2.81. The molecule has 3 rings (SSSR count). The zero-order valence-electron chi connectivity index (χ0n) is 13.2. The number of rotatable bonds is 3. The number of nitrogens with zero attached hydrogens (tertiary/aromatic N) is 2. The normalized spacial score (nSPS) is 19.7. The van der Waals surface area contributed by atoms with E-state index < -0.39 is 11.6 Å². The average molecular weight is 374 g/mol. The SMILES string of the molecule is CC1(Cc2ccc(C#N)cc2)NC(=O)N(c2cc(Cl)cc(Cl)c2)C1=O. The molecule has 0 radical (unpaired) electrons. The fraction of sp³-hybridized carbons (Fsp3) is 0.167. The van der Waals surface area contributed by atoms with E-state index in [-0.39, 0.29) is 5.91 Å². The standard InChI is InChI=1S/C18H13Cl2N3O2/c1-18(9-11-2-4-12(10-21)5-3-11)16(24)23(17(25)22-18)15-7-13(19)6-14(20)8-15/h2-8H,9H2,1H3,(H,22,25). The molecule has 2 aromatic carbocycles. The van der Waals surface area contributed by atoms with Gasteiger partial charge in [-0.05, 0) is 42.8 Å². The van der Waals surface area contributed by atoms with Crippen molar-refractivity contribution in [1.29, 1.82) is 5.26 Å². The van der Waals surface area contributed by atoms with Crippen molar-refractivity contribution < 1.29 is 9.59 Å². The molecule has 0 aliphatic carbocycles. The first kappa shape index (κ1) is 17.3. The van der Waals surface area contributed by atoms with Gasteiger partial charge in [0, 0.05) is 16.5 Å². The summed E-state index contributed by atoms with van der Waals surface area (Å²) in [5.41, 5.74) is 0.593. The first-order chi connectivity index (χ1) is 11.8. The Bertz CT molecular complexity index is 885. The molecule has 0 bridgehead atoms. The molecule has 7 heteroatoms. The highest BCUT2D eigenvalue weighted by molar-refractivity contribution is 6.35. The number of imide groups is 1. The lowest BCUT2D eigenvalue weighted by molar-refractivity contribution is -0.121. The maximum atomic E-state index is 12.9. The van der Waals surface area contributed by atoms with Gasteiger partial charge in [0.2, 0.25) is 0 Å². The van der Waals surface area contributed by atoms with Crippen LogP contribution in [0.15, 0.2) is 42.5 Å². The van der Waals surface area contributed by atoms with E-state index in [4.69, 9.17) is 28.5 Å². The van der Waals surface area contributed by atoms with E-state index >= 15 is 0 Å². The van der Waals surface area contributed by atoms with Gasteiger partial charge in [-0.25, -0.2) is 9.69 Å². The van der Waals surface area contributed by atoms with Crippen LogP contribution in [0.1, 0.15) is 18.1 Å². The summed E-state index contributed by atoms with van der Waals surface area (Å²) in [5.74, 6) is -0.389. The summed E-state index contributed by atoms with van der Waals surface area (Å²) >= 11 is 11.9. The molecule has 0 saturated carbocycles. The van der Waals surface area contributed by atoms with E-state index in [1.54, 1.807) is 31.2 Å². The van der Waals surface area contributed by atoms with Gasteiger partial charge in [0.25, 0.3) is 5.91 Å². The Labute approximate surface area is 154 Å². The second kappa shape index (κ2) is 6.40. The van der Waals surface area contributed by atoms with Gasteiger partial charge in [-0.1, -0.05) is 35.3 Å². The third-order valence-corrected chi connectivity index (χ3v) is 4.44. The molecule has 1 saturated heterocycles. The predicted octanol–water partition coefficient (Wildman–Crippen LogP) is 3.92. The number of carbonyl (C=O) groups excluding carboxylic acids is 2. The molecule has 1 fully saturated rings. The molecular formula is C18H13Cl2N3O2. The van der Waals surface area contributed by atoms with E-state index in [0.29, 0.717) is 27.7 Å². The molecule has 1 heterocycles. The first-order valence-electron chi connectivity index (χ1n) is 7.44. The number of carbonyl (C=O) groups is 2. The summed E-state index contributed by atoms with van der Waals surface area (Å²) in [7, 11) is 0. The van der Waals surface area contributed by atoms with Crippen LogP contribution in [0.2, 0.25) is 10.0 Å². The number of urea groups is 1. The van der Waals surface area contributed by atoms with Crippen molar-refractivity contribution in [2.24, 2.45) is 0 Å². The zero-order valence-corrected chi connectivity index (χ0v) is 14.7. The number of nitrogens with one attached hydrogen (secondary N) is 1. The maximum Gasteiger partial charge on any atom is 0.329 e. The minimum absolute atomic E-state index is 0.300. The molecule has 126 valence electrons. The van der Waals surface area contributed by atoms with Gasteiger partial charge in [-0.15, -0.1) is 0 Å². The summed E-state index contributed by atoms with van der Waals surface area (Å²) in [6.45, 7) is 1.66. The van der Waals surface area contributed by atoms with Crippen molar-refractivity contribution in [3.63, 3.8) is 0 Å². The number of nitriles is 1. The highest BCUT2D eigenvalue weighted by atomic mass is 35.5. The van der Waals surface area contributed by atoms with Crippen LogP contribution in [0, 0.1) is 11.3 Å². The second-order valence-electron chi connectivity index (χ2n) is 6.02. The van der Waals surface area contributed by atoms with E-state index in [9.17, 15) is 9.59 Å². The van der Waals surface area contributed by atoms with Gasteiger partial charge < -0.3 is 5.32 Å². The number of hydrogen-bond donors (Lipinski definition) is 1. The van der Waals surface area contributed by atoms with Crippen LogP contribution in [0.3, 0.4) is 0 Å². The van der Waals surface area contributed by atoms with Crippen LogP contribution in [0.25, 0.3) is 0 Å². The zero-order chi connectivity index (χ0) is 18.2. The van der Waals surface area contributed by atoms with Gasteiger partial charge in [0.05, 0.1) is 17.3 Å². The molecule has 2 aromatic rings. The van der Waals surface area contributed by atoms with Crippen LogP contribution < -0.4 is 10.2 Å². The molecule has 1 aliphatic heterocycles. The van der Waals surface area contributed by atoms with Crippen LogP contribution in [0.5, 0.6) is 0 Å². The molecule has 1 aliphatic rings. The Morgan fingerprint density at radius 3 is 2.28 bits per heavy atom. The second-order valence-corrected chi connectivity index (χ2v) is 6.89. The molecule has 0 aromatic heterocycles. The van der Waals surface area contributed by atoms with Gasteiger partial charge in [0.15, 0.2) is 0 Å². The molecule has 1 atom stereocenters. The number of halogens is 2. The lowest BCUT2D eigenvalue weighted by atomic mass is 9.92. The van der Waals surface area contributed by atoms with Crippen LogP contribution in [-0.4, -0.2) is 17.5 Å². The summed E-state index contributed by atoms with van der Waals surface area (Å²) < 4.78 is 0. The fourth-order valence-corrected chi connectivity index (χ4v) is 3.33. The van der Waals surface area contributed by atoms with E-state index in [1.807, 2.05) is 6.07 Å². The third kappa shape index (κ3) is 3.32. The molecule has 0 spiro atoms. The van der Waals surface area contributed by atoms with Crippen molar-refractivity contribution in [3.8, 4) is 6.07 Å². The Balaban J connectivity index is 1.90. The summed E-state index contributed by atoms with van der Waals surface area (Å²) in [4.78, 5) is 26.3. The highest BCUT2D eigenvalue weighted by Gasteiger charge is 2.48. The van der Waals surface area contributed by atoms with Crippen LogP contribution in [0.4, 0.5) is 10.5 Å². The minimum atomic E-state index is -1.10. The Kier molecular flexibility index (Phi) is 4.42. The van der Waals surface area contributed by atoms with Gasteiger partial charge in [-0.3, -0.25) is 4.79 Å². The molecule has 5 nitrogen and oxygen atoms in total. The molecule has 1 unspecified atom stereocenters. The Hall–Kier alpha value is -2.55. The van der Waals surface area contributed by atoms with Crippen molar-refractivity contribution >= 4 is 40.8 Å². The van der Waals surface area contributed by atoms with Crippen molar-refractivity contribution in [3.05, 3.63) is 63.6 Å². The largest absolute Gasteiger partial charge is 0.329 e. The molecular weight excluding hydrogens is 361 g/mol. The number of amides is 3. The van der Waals surface area contributed by atoms with E-state index in [0.717, 1.165) is 10.5 Å². The van der Waals surface area contributed by atoms with Gasteiger partial charge in [0.1, 0.15) is 5.54 Å². The van der Waals surface area contributed by atoms with E-state index in [2.05, 4.69) is 5.32 Å².